The van der Waals surface area contributed by atoms with Gasteiger partial charge in [0.15, 0.2) is 0 Å². The van der Waals surface area contributed by atoms with E-state index >= 15 is 0 Å². The van der Waals surface area contributed by atoms with Crippen molar-refractivity contribution in [2.75, 3.05) is 39.3 Å². The highest BCUT2D eigenvalue weighted by molar-refractivity contribution is 5.70. The third kappa shape index (κ3) is 4.20. The summed E-state index contributed by atoms with van der Waals surface area (Å²) in [5.41, 5.74) is 0. The van der Waals surface area contributed by atoms with Crippen LogP contribution in [-0.2, 0) is 9.53 Å². The van der Waals surface area contributed by atoms with Gasteiger partial charge in [0.05, 0.1) is 6.54 Å². The van der Waals surface area contributed by atoms with Crippen LogP contribution < -0.4 is 5.32 Å². The number of hydrogen-bond acceptors (Lipinski definition) is 4. The molecule has 5 heteroatoms. The third-order valence-electron chi connectivity index (χ3n) is 7.17. The van der Waals surface area contributed by atoms with Crippen LogP contribution in [0.1, 0.15) is 51.9 Å². The molecule has 0 aromatic rings. The summed E-state index contributed by atoms with van der Waals surface area (Å²) in [4.78, 5) is 17.4. The molecule has 0 aromatic heterocycles. The van der Waals surface area contributed by atoms with Crippen LogP contribution in [-0.4, -0.2) is 67.3 Å². The highest BCUT2D eigenvalue weighted by atomic mass is 16.5. The zero-order chi connectivity index (χ0) is 17.2. The lowest BCUT2D eigenvalue weighted by Crippen LogP contribution is -2.95. The van der Waals surface area contributed by atoms with Gasteiger partial charge in [0.25, 0.3) is 0 Å². The first kappa shape index (κ1) is 17.7. The molecule has 4 fully saturated rings. The van der Waals surface area contributed by atoms with E-state index in [9.17, 15) is 4.79 Å². The fraction of sp³-hybridized carbons (Fsp3) is 0.950. The van der Waals surface area contributed by atoms with Gasteiger partial charge in [-0.15, -0.1) is 0 Å². The van der Waals surface area contributed by atoms with Crippen molar-refractivity contribution in [1.82, 2.24) is 9.80 Å². The lowest BCUT2D eigenvalue weighted by Gasteiger charge is -2.45. The molecule has 0 radical (unpaired) electrons. The molecule has 5 nitrogen and oxygen atoms in total. The van der Waals surface area contributed by atoms with Crippen molar-refractivity contribution in [1.29, 1.82) is 0 Å². The fourth-order valence-electron chi connectivity index (χ4n) is 5.69. The Labute approximate surface area is 152 Å². The quantitative estimate of drug-likeness (QED) is 0.773. The standard InChI is InChI=1S/C20H35N3O2/c1-15-5-6-18-17(12-15)16(13-20(24)25-18)14-22-8-10-23(11-9-22)19-4-2-3-7-21-19/h15-19,21H,2-14H2,1H3/p+1. The number of fused-ring (bicyclic) bond motifs is 1. The molecular weight excluding hydrogens is 314 g/mol. The summed E-state index contributed by atoms with van der Waals surface area (Å²) in [6.45, 7) is 9.50. The van der Waals surface area contributed by atoms with Gasteiger partial charge in [-0.25, -0.2) is 0 Å². The zero-order valence-corrected chi connectivity index (χ0v) is 15.9. The minimum atomic E-state index is 0.0521. The van der Waals surface area contributed by atoms with Gasteiger partial charge >= 0.3 is 5.97 Å². The van der Waals surface area contributed by atoms with Crippen LogP contribution in [0.3, 0.4) is 0 Å². The molecular formula is C20H36N3O2+. The molecule has 0 aromatic carbocycles. The van der Waals surface area contributed by atoms with E-state index in [4.69, 9.17) is 4.74 Å². The molecule has 0 spiro atoms. The van der Waals surface area contributed by atoms with E-state index in [0.717, 1.165) is 25.0 Å². The Bertz CT molecular complexity index is 458. The van der Waals surface area contributed by atoms with Crippen molar-refractivity contribution in [3.05, 3.63) is 0 Å². The average molecular weight is 351 g/mol. The molecule has 3 saturated heterocycles. The molecule has 142 valence electrons. The Morgan fingerprint density at radius 2 is 1.96 bits per heavy atom. The SMILES string of the molecule is CC1CCC2OC(=O)CC(CN3CCN(C4CCCC[NH2+]4)CC3)C2C1. The van der Waals surface area contributed by atoms with Gasteiger partial charge in [0.2, 0.25) is 0 Å². The van der Waals surface area contributed by atoms with E-state index in [2.05, 4.69) is 22.0 Å². The number of carbonyl (C=O) groups is 1. The molecule has 1 aliphatic carbocycles. The monoisotopic (exact) mass is 350 g/mol. The Kier molecular flexibility index (Phi) is 5.63. The number of nitrogens with two attached hydrogens (primary N) is 1. The number of piperazine rings is 1. The van der Waals surface area contributed by atoms with E-state index in [1.54, 1.807) is 0 Å². The lowest BCUT2D eigenvalue weighted by atomic mass is 9.71. The summed E-state index contributed by atoms with van der Waals surface area (Å²) < 4.78 is 5.68. The summed E-state index contributed by atoms with van der Waals surface area (Å²) in [6.07, 6.45) is 9.27. The second-order valence-corrected chi connectivity index (χ2v) is 9.00. The average Bonchev–Trinajstić information content (AvgIpc) is 2.64. The Hall–Kier alpha value is -0.650. The molecule has 3 aliphatic heterocycles. The second kappa shape index (κ2) is 7.93. The first-order valence-corrected chi connectivity index (χ1v) is 10.7. The van der Waals surface area contributed by atoms with Gasteiger partial charge in [0, 0.05) is 51.5 Å². The smallest absolute Gasteiger partial charge is 0.306 e. The van der Waals surface area contributed by atoms with Gasteiger partial charge in [-0.05, 0) is 43.9 Å². The molecule has 5 atom stereocenters. The van der Waals surface area contributed by atoms with Crippen LogP contribution in [0.2, 0.25) is 0 Å². The minimum absolute atomic E-state index is 0.0521. The molecule has 0 amide bonds. The van der Waals surface area contributed by atoms with Gasteiger partial charge in [-0.2, -0.15) is 0 Å². The van der Waals surface area contributed by atoms with Gasteiger partial charge in [-0.1, -0.05) is 6.92 Å². The number of ether oxygens (including phenoxy) is 1. The number of rotatable bonds is 3. The lowest BCUT2D eigenvalue weighted by molar-refractivity contribution is -0.717. The summed E-state index contributed by atoms with van der Waals surface area (Å²) in [7, 11) is 0. The van der Waals surface area contributed by atoms with Crippen molar-refractivity contribution in [3.63, 3.8) is 0 Å². The van der Waals surface area contributed by atoms with E-state index < -0.39 is 0 Å². The van der Waals surface area contributed by atoms with Crippen molar-refractivity contribution in [2.45, 2.75) is 64.1 Å². The van der Waals surface area contributed by atoms with E-state index in [1.165, 1.54) is 64.8 Å². The normalized spacial score (nSPS) is 41.2. The molecule has 1 saturated carbocycles. The van der Waals surface area contributed by atoms with Crippen LogP contribution in [0, 0.1) is 17.8 Å². The number of quaternary nitrogens is 1. The summed E-state index contributed by atoms with van der Waals surface area (Å²) in [6, 6.07) is 0. The van der Waals surface area contributed by atoms with Crippen LogP contribution in [0.5, 0.6) is 0 Å². The highest BCUT2D eigenvalue weighted by Gasteiger charge is 2.42. The van der Waals surface area contributed by atoms with E-state index in [-0.39, 0.29) is 12.1 Å². The summed E-state index contributed by atoms with van der Waals surface area (Å²) in [5, 5.41) is 2.55. The predicted molar refractivity (Wildman–Crippen MR) is 96.9 cm³/mol. The molecule has 2 N–H and O–H groups in total. The molecule has 4 rings (SSSR count). The maximum Gasteiger partial charge on any atom is 0.306 e. The fourth-order valence-corrected chi connectivity index (χ4v) is 5.69. The Balaban J connectivity index is 1.30. The topological polar surface area (TPSA) is 49.4 Å². The Morgan fingerprint density at radius 3 is 2.72 bits per heavy atom. The highest BCUT2D eigenvalue weighted by Crippen LogP contribution is 2.40. The van der Waals surface area contributed by atoms with Crippen molar-refractivity contribution < 1.29 is 14.8 Å². The van der Waals surface area contributed by atoms with Crippen LogP contribution in [0.4, 0.5) is 0 Å². The van der Waals surface area contributed by atoms with Crippen LogP contribution in [0.15, 0.2) is 0 Å². The number of nitrogens with zero attached hydrogens (tertiary/aromatic N) is 2. The number of piperidine rings is 1. The third-order valence-corrected chi connectivity index (χ3v) is 7.17. The van der Waals surface area contributed by atoms with E-state index in [1.807, 2.05) is 0 Å². The molecule has 5 unspecified atom stereocenters. The minimum Gasteiger partial charge on any atom is -0.462 e. The molecule has 25 heavy (non-hydrogen) atoms. The van der Waals surface area contributed by atoms with Crippen molar-refractivity contribution in [3.8, 4) is 0 Å². The van der Waals surface area contributed by atoms with Crippen molar-refractivity contribution >= 4 is 5.97 Å². The summed E-state index contributed by atoms with van der Waals surface area (Å²) >= 11 is 0. The van der Waals surface area contributed by atoms with Crippen molar-refractivity contribution in [2.24, 2.45) is 17.8 Å². The molecule has 3 heterocycles. The zero-order valence-electron chi connectivity index (χ0n) is 15.9. The van der Waals surface area contributed by atoms with E-state index in [0.29, 0.717) is 18.3 Å². The molecule has 4 aliphatic rings. The maximum atomic E-state index is 12.1. The first-order chi connectivity index (χ1) is 12.2. The number of carbonyl (C=O) groups excluding carboxylic acids is 1. The van der Waals surface area contributed by atoms with Gasteiger partial charge in [0.1, 0.15) is 12.3 Å². The first-order valence-electron chi connectivity index (χ1n) is 10.7. The molecule has 0 bridgehead atoms. The Morgan fingerprint density at radius 1 is 1.12 bits per heavy atom. The van der Waals surface area contributed by atoms with Crippen LogP contribution in [0.25, 0.3) is 0 Å². The second-order valence-electron chi connectivity index (χ2n) is 9.00. The predicted octanol–water partition coefficient (Wildman–Crippen LogP) is 1.05. The van der Waals surface area contributed by atoms with Gasteiger partial charge < -0.3 is 15.0 Å². The van der Waals surface area contributed by atoms with Gasteiger partial charge in [-0.3, -0.25) is 9.69 Å². The van der Waals surface area contributed by atoms with Crippen LogP contribution >= 0.6 is 0 Å². The number of esters is 1. The maximum absolute atomic E-state index is 12.1. The number of hydrogen-bond donors (Lipinski definition) is 1. The largest absolute Gasteiger partial charge is 0.462 e. The summed E-state index contributed by atoms with van der Waals surface area (Å²) in [5.74, 6) is 1.96.